The quantitative estimate of drug-likeness (QED) is 0.303. The zero-order chi connectivity index (χ0) is 21.7. The number of fused-ring (bicyclic) bond motifs is 2. The van der Waals surface area contributed by atoms with Crippen LogP contribution in [0.5, 0.6) is 0 Å². The van der Waals surface area contributed by atoms with Crippen molar-refractivity contribution < 1.29 is 28.3 Å². The van der Waals surface area contributed by atoms with Crippen molar-refractivity contribution in [3.05, 3.63) is 35.6 Å². The van der Waals surface area contributed by atoms with Crippen molar-refractivity contribution in [1.82, 2.24) is 0 Å². The van der Waals surface area contributed by atoms with Gasteiger partial charge < -0.3 is 9.16 Å². The molecule has 0 aromatic rings. The number of hydrogen-bond acceptors (Lipinski definition) is 6. The average molecular weight is 417 g/mol. The van der Waals surface area contributed by atoms with Crippen LogP contribution in [0.25, 0.3) is 0 Å². The summed E-state index contributed by atoms with van der Waals surface area (Å²) in [5, 5.41) is -0.0688. The van der Waals surface area contributed by atoms with Crippen molar-refractivity contribution in [2.45, 2.75) is 51.4 Å². The van der Waals surface area contributed by atoms with Gasteiger partial charge in [-0.05, 0) is 42.3 Å². The Morgan fingerprint density at radius 3 is 2.21 bits per heavy atom. The van der Waals surface area contributed by atoms with E-state index in [0.29, 0.717) is 17.8 Å². The molecule has 3 rings (SSSR count). The molecule has 29 heavy (non-hydrogen) atoms. The molecule has 0 unspecified atom stereocenters. The minimum Gasteiger partial charge on any atom is -0.500 e. The molecule has 0 radical (unpaired) electrons. The minimum atomic E-state index is -2.24. The monoisotopic (exact) mass is 416 g/mol. The van der Waals surface area contributed by atoms with Gasteiger partial charge >= 0.3 is 0 Å². The fourth-order valence-corrected chi connectivity index (χ4v) is 5.38. The first kappa shape index (κ1) is 21.6. The Morgan fingerprint density at radius 2 is 1.66 bits per heavy atom. The van der Waals surface area contributed by atoms with Gasteiger partial charge in [0.25, 0.3) is 0 Å². The highest BCUT2D eigenvalue weighted by atomic mass is 28.4. The number of carbonyl (C=O) groups excluding carboxylic acids is 4. The lowest BCUT2D eigenvalue weighted by atomic mass is 9.63. The molecule has 4 atom stereocenters. The predicted molar refractivity (Wildman–Crippen MR) is 110 cm³/mol. The molecule has 3 aliphatic rings. The first-order valence-electron chi connectivity index (χ1n) is 9.86. The lowest BCUT2D eigenvalue weighted by Gasteiger charge is -2.47. The molecule has 7 heteroatoms. The molecule has 3 aliphatic carbocycles. The number of methoxy groups -OCH3 is 1. The van der Waals surface area contributed by atoms with E-state index in [0.717, 1.165) is 0 Å². The molecule has 0 aromatic carbocycles. The highest BCUT2D eigenvalue weighted by Crippen LogP contribution is 2.47. The summed E-state index contributed by atoms with van der Waals surface area (Å²) in [5.41, 5.74) is 0.512. The second-order valence-corrected chi connectivity index (χ2v) is 14.2. The van der Waals surface area contributed by atoms with E-state index >= 15 is 0 Å². The molecule has 0 saturated heterocycles. The molecule has 0 heterocycles. The number of allylic oxidation sites excluding steroid dienone is 5. The van der Waals surface area contributed by atoms with Crippen molar-refractivity contribution >= 4 is 31.5 Å². The average Bonchev–Trinajstić information content (AvgIpc) is 2.60. The molecule has 1 saturated carbocycles. The molecule has 0 aromatic heterocycles. The van der Waals surface area contributed by atoms with Crippen LogP contribution in [0.1, 0.15) is 27.2 Å². The van der Waals surface area contributed by atoms with Gasteiger partial charge in [0.2, 0.25) is 11.6 Å². The summed E-state index contributed by atoms with van der Waals surface area (Å²) in [6.45, 7) is 10.6. The Labute approximate surface area is 172 Å². The van der Waals surface area contributed by atoms with Gasteiger partial charge in [-0.25, -0.2) is 0 Å². The topological polar surface area (TPSA) is 86.7 Å². The molecule has 6 nitrogen and oxygen atoms in total. The Hall–Kier alpha value is -2.12. The van der Waals surface area contributed by atoms with Crippen LogP contribution in [0.3, 0.4) is 0 Å². The molecule has 0 spiro atoms. The number of Topliss-reactive ketones (excluding diaryl/α,β-unsaturated/α-hetero) is 1. The highest BCUT2D eigenvalue weighted by Gasteiger charge is 2.54. The SMILES string of the molecule is COC1=CC(=O)[C@H]2C(=O)[C@@H]1C[C@H](O[Si](C)(C)C(C)(C)C)[C@H]2C1=CC(=O)C(=O)C=C1. The van der Waals surface area contributed by atoms with E-state index < -0.39 is 43.7 Å². The zero-order valence-corrected chi connectivity index (χ0v) is 18.8. The zero-order valence-electron chi connectivity index (χ0n) is 17.8. The van der Waals surface area contributed by atoms with Crippen LogP contribution in [0, 0.1) is 17.8 Å². The maximum atomic E-state index is 13.1. The maximum absolute atomic E-state index is 13.1. The molecule has 1 fully saturated rings. The van der Waals surface area contributed by atoms with Crippen LogP contribution in [-0.2, 0) is 28.3 Å². The third kappa shape index (κ3) is 3.73. The molecular formula is C22H28O6Si. The van der Waals surface area contributed by atoms with Crippen molar-refractivity contribution in [1.29, 1.82) is 0 Å². The maximum Gasteiger partial charge on any atom is 0.225 e. The van der Waals surface area contributed by atoms with Crippen molar-refractivity contribution in [2.24, 2.45) is 17.8 Å². The van der Waals surface area contributed by atoms with Crippen LogP contribution in [-0.4, -0.2) is 44.7 Å². The number of ether oxygens (including phenoxy) is 1. The highest BCUT2D eigenvalue weighted by molar-refractivity contribution is 6.74. The summed E-state index contributed by atoms with van der Waals surface area (Å²) in [6.07, 6.45) is 5.36. The van der Waals surface area contributed by atoms with Gasteiger partial charge in [0, 0.05) is 12.0 Å². The van der Waals surface area contributed by atoms with Crippen molar-refractivity contribution in [3.8, 4) is 0 Å². The lowest BCUT2D eigenvalue weighted by molar-refractivity contribution is -0.143. The summed E-state index contributed by atoms with van der Waals surface area (Å²) in [7, 11) is -0.781. The van der Waals surface area contributed by atoms with E-state index in [1.807, 2.05) is 0 Å². The summed E-state index contributed by atoms with van der Waals surface area (Å²) in [5.74, 6) is -3.46. The molecule has 0 amide bonds. The summed E-state index contributed by atoms with van der Waals surface area (Å²) < 4.78 is 12.0. The van der Waals surface area contributed by atoms with Gasteiger partial charge in [0.05, 0.1) is 25.0 Å². The Balaban J connectivity index is 2.08. The fraction of sp³-hybridized carbons (Fsp3) is 0.545. The summed E-state index contributed by atoms with van der Waals surface area (Å²) >= 11 is 0. The molecule has 2 bridgehead atoms. The Bertz CT molecular complexity index is 870. The molecule has 156 valence electrons. The van der Waals surface area contributed by atoms with E-state index in [9.17, 15) is 19.2 Å². The van der Waals surface area contributed by atoms with E-state index in [-0.39, 0.29) is 16.6 Å². The van der Waals surface area contributed by atoms with E-state index in [2.05, 4.69) is 33.9 Å². The van der Waals surface area contributed by atoms with Gasteiger partial charge in [-0.2, -0.15) is 0 Å². The second-order valence-electron chi connectivity index (χ2n) is 9.47. The number of hydrogen-bond donors (Lipinski definition) is 0. The Kier molecular flexibility index (Phi) is 5.42. The van der Waals surface area contributed by atoms with Crippen molar-refractivity contribution in [3.63, 3.8) is 0 Å². The van der Waals surface area contributed by atoms with Gasteiger partial charge in [0.15, 0.2) is 19.9 Å². The van der Waals surface area contributed by atoms with E-state index in [1.54, 1.807) is 6.08 Å². The molecule has 0 N–H and O–H groups in total. The standard InChI is InChI=1S/C22H28O6Si/c1-22(2,3)29(5,6)28-18-10-13-17(27-4)11-16(25)20(21(13)26)19(18)12-7-8-14(23)15(24)9-12/h7-9,11,13,18-20H,10H2,1-6H3/t13-,18+,19-,20-/m1/s1. The fourth-order valence-electron chi connectivity index (χ4n) is 4.02. The van der Waals surface area contributed by atoms with Gasteiger partial charge in [-0.15, -0.1) is 0 Å². The third-order valence-corrected chi connectivity index (χ3v) is 11.2. The van der Waals surface area contributed by atoms with Crippen LogP contribution in [0.2, 0.25) is 18.1 Å². The van der Waals surface area contributed by atoms with E-state index in [1.165, 1.54) is 25.3 Å². The predicted octanol–water partition coefficient (Wildman–Crippen LogP) is 2.95. The lowest BCUT2D eigenvalue weighted by Crippen LogP contribution is -2.55. The second kappa shape index (κ2) is 7.29. The molecular weight excluding hydrogens is 388 g/mol. The summed E-state index contributed by atoms with van der Waals surface area (Å²) in [6, 6.07) is 0. The van der Waals surface area contributed by atoms with Crippen LogP contribution in [0.4, 0.5) is 0 Å². The van der Waals surface area contributed by atoms with Crippen LogP contribution in [0.15, 0.2) is 35.6 Å². The summed E-state index contributed by atoms with van der Waals surface area (Å²) in [4.78, 5) is 49.6. The smallest absolute Gasteiger partial charge is 0.225 e. The minimum absolute atomic E-state index is 0.0688. The van der Waals surface area contributed by atoms with Gasteiger partial charge in [-0.3, -0.25) is 19.2 Å². The number of carbonyl (C=O) groups is 4. The van der Waals surface area contributed by atoms with E-state index in [4.69, 9.17) is 9.16 Å². The largest absolute Gasteiger partial charge is 0.500 e. The van der Waals surface area contributed by atoms with Gasteiger partial charge in [0.1, 0.15) is 5.76 Å². The van der Waals surface area contributed by atoms with Gasteiger partial charge in [-0.1, -0.05) is 26.8 Å². The number of rotatable bonds is 4. The Morgan fingerprint density at radius 1 is 1.00 bits per heavy atom. The van der Waals surface area contributed by atoms with Crippen LogP contribution < -0.4 is 0 Å². The van der Waals surface area contributed by atoms with Crippen molar-refractivity contribution in [2.75, 3.05) is 7.11 Å². The van der Waals surface area contributed by atoms with Crippen LogP contribution >= 0.6 is 0 Å². The number of ketones is 4. The molecule has 0 aliphatic heterocycles. The first-order chi connectivity index (χ1) is 13.4. The first-order valence-corrected chi connectivity index (χ1v) is 12.8. The normalized spacial score (nSPS) is 30.3. The third-order valence-electron chi connectivity index (χ3n) is 6.65.